The summed E-state index contributed by atoms with van der Waals surface area (Å²) < 4.78 is 37.9. The predicted octanol–water partition coefficient (Wildman–Crippen LogP) is 4.21. The van der Waals surface area contributed by atoms with Crippen molar-refractivity contribution in [1.29, 1.82) is 0 Å². The standard InChI is InChI=1S/C25H31Cl2N3O6S/c1-6-37(33,34)30(19-9-10-21-22(12-19)36-15-35-21)14-23(31)29(16(2)24(32)28-25(3,4)5)13-17-7-8-18(26)11-20(17)27/h7-12,16H,6,13-15H2,1-5H3,(H,28,32). The van der Waals surface area contributed by atoms with Crippen molar-refractivity contribution in [2.24, 2.45) is 0 Å². The van der Waals surface area contributed by atoms with E-state index in [1.165, 1.54) is 17.9 Å². The molecular weight excluding hydrogens is 541 g/mol. The number of rotatable bonds is 9. The highest BCUT2D eigenvalue weighted by molar-refractivity contribution is 7.92. The van der Waals surface area contributed by atoms with Crippen molar-refractivity contribution in [1.82, 2.24) is 10.2 Å². The number of halogens is 2. The maximum Gasteiger partial charge on any atom is 0.244 e. The van der Waals surface area contributed by atoms with Crippen LogP contribution in [0.25, 0.3) is 0 Å². The Hall–Kier alpha value is -2.69. The number of sulfonamides is 1. The highest BCUT2D eigenvalue weighted by Gasteiger charge is 2.33. The molecule has 2 aromatic carbocycles. The number of nitrogens with one attached hydrogen (secondary N) is 1. The second-order valence-electron chi connectivity index (χ2n) is 9.62. The fourth-order valence-corrected chi connectivity index (χ4v) is 5.17. The van der Waals surface area contributed by atoms with E-state index in [1.54, 1.807) is 37.3 Å². The third-order valence-electron chi connectivity index (χ3n) is 5.64. The Labute approximate surface area is 227 Å². The van der Waals surface area contributed by atoms with E-state index in [-0.39, 0.29) is 30.7 Å². The molecule has 37 heavy (non-hydrogen) atoms. The molecule has 1 aliphatic heterocycles. The lowest BCUT2D eigenvalue weighted by molar-refractivity contribution is -0.140. The van der Waals surface area contributed by atoms with Gasteiger partial charge in [0.2, 0.25) is 28.6 Å². The summed E-state index contributed by atoms with van der Waals surface area (Å²) in [5.74, 6) is -0.354. The van der Waals surface area contributed by atoms with Crippen LogP contribution in [0.1, 0.15) is 40.2 Å². The Morgan fingerprint density at radius 1 is 1.08 bits per heavy atom. The first-order valence-corrected chi connectivity index (χ1v) is 14.0. The number of carbonyl (C=O) groups is 2. The molecule has 0 aromatic heterocycles. The normalized spacial score (nSPS) is 13.7. The summed E-state index contributed by atoms with van der Waals surface area (Å²) in [7, 11) is -3.88. The Bertz CT molecular complexity index is 1280. The average Bonchev–Trinajstić information content (AvgIpc) is 3.28. The fourth-order valence-electron chi connectivity index (χ4n) is 3.65. The number of hydrogen-bond acceptors (Lipinski definition) is 6. The van der Waals surface area contributed by atoms with Gasteiger partial charge in [-0.1, -0.05) is 29.3 Å². The fraction of sp³-hybridized carbons (Fsp3) is 0.440. The van der Waals surface area contributed by atoms with E-state index >= 15 is 0 Å². The van der Waals surface area contributed by atoms with Gasteiger partial charge in [-0.05, 0) is 64.4 Å². The van der Waals surface area contributed by atoms with E-state index < -0.39 is 34.1 Å². The lowest BCUT2D eigenvalue weighted by Crippen LogP contribution is -2.54. The number of amides is 2. The minimum Gasteiger partial charge on any atom is -0.454 e. The molecule has 1 heterocycles. The first kappa shape index (κ1) is 28.9. The molecule has 1 unspecified atom stereocenters. The quantitative estimate of drug-likeness (QED) is 0.483. The van der Waals surface area contributed by atoms with Gasteiger partial charge in [0.25, 0.3) is 0 Å². The second kappa shape index (κ2) is 11.4. The molecule has 9 nitrogen and oxygen atoms in total. The zero-order chi connectivity index (χ0) is 27.5. The van der Waals surface area contributed by atoms with Crippen molar-refractivity contribution in [2.45, 2.75) is 52.7 Å². The molecule has 1 N–H and O–H groups in total. The van der Waals surface area contributed by atoms with Gasteiger partial charge in [0.05, 0.1) is 11.4 Å². The van der Waals surface area contributed by atoms with Crippen LogP contribution in [-0.4, -0.2) is 55.8 Å². The number of carbonyl (C=O) groups excluding carboxylic acids is 2. The molecule has 202 valence electrons. The third-order valence-corrected chi connectivity index (χ3v) is 7.97. The van der Waals surface area contributed by atoms with Gasteiger partial charge in [0.1, 0.15) is 12.6 Å². The van der Waals surface area contributed by atoms with Crippen LogP contribution >= 0.6 is 23.2 Å². The van der Waals surface area contributed by atoms with Gasteiger partial charge in [-0.3, -0.25) is 13.9 Å². The molecule has 3 rings (SSSR count). The first-order valence-electron chi connectivity index (χ1n) is 11.7. The van der Waals surface area contributed by atoms with Crippen LogP contribution in [0.4, 0.5) is 5.69 Å². The van der Waals surface area contributed by atoms with Crippen molar-refractivity contribution in [3.8, 4) is 11.5 Å². The highest BCUT2D eigenvalue weighted by Crippen LogP contribution is 2.36. The lowest BCUT2D eigenvalue weighted by Gasteiger charge is -2.33. The zero-order valence-corrected chi connectivity index (χ0v) is 23.7. The van der Waals surface area contributed by atoms with Crippen molar-refractivity contribution < 1.29 is 27.5 Å². The second-order valence-corrected chi connectivity index (χ2v) is 12.6. The lowest BCUT2D eigenvalue weighted by atomic mass is 10.1. The summed E-state index contributed by atoms with van der Waals surface area (Å²) in [6.07, 6.45) is 0. The molecule has 0 spiro atoms. The molecule has 1 aliphatic rings. The summed E-state index contributed by atoms with van der Waals surface area (Å²) in [5.41, 5.74) is 0.265. The van der Waals surface area contributed by atoms with Gasteiger partial charge in [0.15, 0.2) is 11.5 Å². The Balaban J connectivity index is 1.97. The SMILES string of the molecule is CCS(=O)(=O)N(CC(=O)N(Cc1ccc(Cl)cc1Cl)C(C)C(=O)NC(C)(C)C)c1ccc2c(c1)OCO2. The monoisotopic (exact) mass is 571 g/mol. The Morgan fingerprint density at radius 3 is 2.38 bits per heavy atom. The molecular formula is C25H31Cl2N3O6S. The van der Waals surface area contributed by atoms with Gasteiger partial charge in [-0.25, -0.2) is 8.42 Å². The first-order chi connectivity index (χ1) is 17.2. The third kappa shape index (κ3) is 7.21. The molecule has 0 saturated heterocycles. The van der Waals surface area contributed by atoms with Gasteiger partial charge >= 0.3 is 0 Å². The number of anilines is 1. The number of nitrogens with zero attached hydrogens (tertiary/aromatic N) is 2. The molecule has 0 aliphatic carbocycles. The van der Waals surface area contributed by atoms with Crippen molar-refractivity contribution in [3.05, 3.63) is 52.0 Å². The summed E-state index contributed by atoms with van der Waals surface area (Å²) in [6, 6.07) is 8.56. The van der Waals surface area contributed by atoms with E-state index in [0.29, 0.717) is 27.1 Å². The number of hydrogen-bond donors (Lipinski definition) is 1. The Kier molecular flexibility index (Phi) is 8.87. The smallest absolute Gasteiger partial charge is 0.244 e. The maximum atomic E-state index is 13.7. The van der Waals surface area contributed by atoms with Gasteiger partial charge in [-0.2, -0.15) is 0 Å². The van der Waals surface area contributed by atoms with Crippen LogP contribution in [-0.2, 0) is 26.2 Å². The topological polar surface area (TPSA) is 105 Å². The average molecular weight is 573 g/mol. The van der Waals surface area contributed by atoms with Crippen LogP contribution in [0.5, 0.6) is 11.5 Å². The molecule has 1 atom stereocenters. The van der Waals surface area contributed by atoms with Gasteiger partial charge in [-0.15, -0.1) is 0 Å². The molecule has 0 radical (unpaired) electrons. The van der Waals surface area contributed by atoms with Crippen molar-refractivity contribution in [2.75, 3.05) is 23.4 Å². The number of fused-ring (bicyclic) bond motifs is 1. The van der Waals surface area contributed by atoms with Crippen molar-refractivity contribution >= 4 is 50.7 Å². The van der Waals surface area contributed by atoms with Crippen LogP contribution in [0.15, 0.2) is 36.4 Å². The van der Waals surface area contributed by atoms with E-state index in [9.17, 15) is 18.0 Å². The van der Waals surface area contributed by atoms with Gasteiger partial charge < -0.3 is 19.7 Å². The minimum atomic E-state index is -3.88. The Morgan fingerprint density at radius 2 is 1.76 bits per heavy atom. The zero-order valence-electron chi connectivity index (χ0n) is 21.4. The largest absolute Gasteiger partial charge is 0.454 e. The van der Waals surface area contributed by atoms with E-state index in [2.05, 4.69) is 5.32 Å². The molecule has 2 amide bonds. The van der Waals surface area contributed by atoms with E-state index in [0.717, 1.165) is 4.31 Å². The number of ether oxygens (including phenoxy) is 2. The molecule has 0 fully saturated rings. The van der Waals surface area contributed by atoms with Crippen LogP contribution in [0.2, 0.25) is 10.0 Å². The van der Waals surface area contributed by atoms with Crippen LogP contribution in [0, 0.1) is 0 Å². The van der Waals surface area contributed by atoms with Crippen molar-refractivity contribution in [3.63, 3.8) is 0 Å². The summed E-state index contributed by atoms with van der Waals surface area (Å²) >= 11 is 12.4. The predicted molar refractivity (Wildman–Crippen MR) is 144 cm³/mol. The number of benzene rings is 2. The van der Waals surface area contributed by atoms with E-state index in [4.69, 9.17) is 32.7 Å². The van der Waals surface area contributed by atoms with E-state index in [1.807, 2.05) is 20.8 Å². The molecule has 2 aromatic rings. The molecule has 12 heteroatoms. The van der Waals surface area contributed by atoms with Gasteiger partial charge in [0, 0.05) is 28.2 Å². The molecule has 0 bridgehead atoms. The maximum absolute atomic E-state index is 13.7. The minimum absolute atomic E-state index is 0.0221. The highest BCUT2D eigenvalue weighted by atomic mass is 35.5. The van der Waals surface area contributed by atoms with Crippen LogP contribution in [0.3, 0.4) is 0 Å². The summed E-state index contributed by atoms with van der Waals surface area (Å²) in [4.78, 5) is 28.1. The van der Waals surface area contributed by atoms with Crippen LogP contribution < -0.4 is 19.1 Å². The summed E-state index contributed by atoms with van der Waals surface area (Å²) in [6.45, 7) is 8.02. The molecule has 0 saturated carbocycles. The summed E-state index contributed by atoms with van der Waals surface area (Å²) in [5, 5.41) is 3.62.